The molecule has 1 fully saturated rings. The Morgan fingerprint density at radius 3 is 2.28 bits per heavy atom. The Hall–Kier alpha value is -5.58. The molecule has 1 aliphatic carbocycles. The van der Waals surface area contributed by atoms with Crippen molar-refractivity contribution in [2.75, 3.05) is 32.9 Å². The Balaban J connectivity index is 0.861. The molecular weight excluding hydrogens is 932 g/mol. The van der Waals surface area contributed by atoms with Crippen molar-refractivity contribution in [2.24, 2.45) is 5.41 Å². The van der Waals surface area contributed by atoms with E-state index in [2.05, 4.69) is 21.7 Å². The van der Waals surface area contributed by atoms with Crippen LogP contribution in [0, 0.1) is 24.0 Å². The van der Waals surface area contributed by atoms with Crippen LogP contribution >= 0.6 is 11.3 Å². The number of hydrogen-bond acceptors (Lipinski definition) is 10. The minimum absolute atomic E-state index is 0.00125. The maximum Gasteiger partial charge on any atom is 0.302 e. The number of carbonyl (C=O) groups is 4. The summed E-state index contributed by atoms with van der Waals surface area (Å²) in [6.45, 7) is 14.1. The first-order chi connectivity index (χ1) is 33.7. The van der Waals surface area contributed by atoms with Gasteiger partial charge in [0.1, 0.15) is 47.8 Å². The highest BCUT2D eigenvalue weighted by Gasteiger charge is 2.46. The molecule has 4 aromatic rings. The van der Waals surface area contributed by atoms with E-state index in [0.29, 0.717) is 25.7 Å². The molecular formula is C55H68F3N5O7S. The van der Waals surface area contributed by atoms with Gasteiger partial charge in [0.25, 0.3) is 0 Å². The van der Waals surface area contributed by atoms with Crippen molar-refractivity contribution in [3.8, 4) is 16.2 Å². The van der Waals surface area contributed by atoms with Crippen molar-refractivity contribution in [2.45, 2.75) is 143 Å². The third-order valence-corrected chi connectivity index (χ3v) is 14.4. The predicted molar refractivity (Wildman–Crippen MR) is 268 cm³/mol. The van der Waals surface area contributed by atoms with Crippen molar-refractivity contribution in [1.29, 1.82) is 0 Å². The average Bonchev–Trinajstić information content (AvgIpc) is 4.03. The van der Waals surface area contributed by atoms with Crippen LogP contribution in [-0.2, 0) is 41.6 Å². The highest BCUT2D eigenvalue weighted by Crippen LogP contribution is 2.50. The molecule has 0 bridgehead atoms. The number of hydrogen-bond donors (Lipinski definition) is 2. The van der Waals surface area contributed by atoms with Crippen LogP contribution in [0.5, 0.6) is 5.75 Å². The molecule has 1 saturated heterocycles. The minimum atomic E-state index is -1.58. The van der Waals surface area contributed by atoms with Crippen molar-refractivity contribution in [3.63, 3.8) is 0 Å². The quantitative estimate of drug-likeness (QED) is 0.0655. The number of fused-ring (bicyclic) bond motifs is 2. The molecule has 1 aromatic heterocycles. The number of amides is 3. The average molecular weight is 1000 g/mol. The van der Waals surface area contributed by atoms with Gasteiger partial charge >= 0.3 is 5.97 Å². The number of ether oxygens (including phenoxy) is 3. The van der Waals surface area contributed by atoms with E-state index in [0.717, 1.165) is 56.8 Å². The van der Waals surface area contributed by atoms with E-state index in [4.69, 9.17) is 14.2 Å². The van der Waals surface area contributed by atoms with Crippen molar-refractivity contribution >= 4 is 40.6 Å². The van der Waals surface area contributed by atoms with Crippen LogP contribution in [0.2, 0.25) is 0 Å². The molecule has 2 N–H and O–H groups in total. The fraction of sp³-hybridized carbons (Fsp3) is 0.509. The van der Waals surface area contributed by atoms with E-state index in [1.165, 1.54) is 37.8 Å². The van der Waals surface area contributed by atoms with E-state index in [-0.39, 0.29) is 63.2 Å². The second-order valence-corrected chi connectivity index (χ2v) is 21.7. The number of esters is 1. The number of benzene rings is 3. The molecule has 0 unspecified atom stereocenters. The minimum Gasteiger partial charge on any atom is -0.493 e. The van der Waals surface area contributed by atoms with Crippen LogP contribution in [0.25, 0.3) is 16.0 Å². The number of unbranched alkanes of at least 4 members (excludes halogenated alkanes) is 3. The van der Waals surface area contributed by atoms with Gasteiger partial charge in [0.15, 0.2) is 0 Å². The molecule has 0 saturated carbocycles. The van der Waals surface area contributed by atoms with Crippen LogP contribution in [0.3, 0.4) is 0 Å². The summed E-state index contributed by atoms with van der Waals surface area (Å²) >= 11 is 1.56. The third kappa shape index (κ3) is 13.3. The van der Waals surface area contributed by atoms with E-state index >= 15 is 13.2 Å². The van der Waals surface area contributed by atoms with Gasteiger partial charge in [-0.15, -0.1) is 11.3 Å². The Morgan fingerprint density at radius 2 is 1.63 bits per heavy atom. The SMILES string of the molecule is CC(=O)O[C@@H]1C[C@@H](C(=O)NCc2ccc(-c3scnc3C)cc2)N(C(=O)[C@@H](NC(=O)COCCCCCCOc2cc(F)c([C@@H]3C4=C(C[C@@H](C)N3CC(C)(C)F)c3ccccc3C4)c(F)c2)C(C)(C)C)C1. The molecule has 7 rings (SSSR count). The molecule has 3 aliphatic rings. The van der Waals surface area contributed by atoms with Gasteiger partial charge in [0, 0.05) is 56.8 Å². The van der Waals surface area contributed by atoms with Gasteiger partial charge in [-0.1, -0.05) is 75.7 Å². The lowest BCUT2D eigenvalue weighted by atomic mass is 9.84. The summed E-state index contributed by atoms with van der Waals surface area (Å²) in [5, 5.41) is 5.77. The fourth-order valence-corrected chi connectivity index (χ4v) is 10.9. The zero-order valence-corrected chi connectivity index (χ0v) is 43.0. The number of halogens is 3. The smallest absolute Gasteiger partial charge is 0.302 e. The number of nitrogens with one attached hydrogen (secondary N) is 2. The zero-order valence-electron chi connectivity index (χ0n) is 42.2. The number of likely N-dealkylation sites (tertiary alicyclic amines) is 1. The summed E-state index contributed by atoms with van der Waals surface area (Å²) in [5.41, 5.74) is 6.43. The summed E-state index contributed by atoms with van der Waals surface area (Å²) in [6.07, 6.45) is 3.38. The molecule has 71 heavy (non-hydrogen) atoms. The van der Waals surface area contributed by atoms with Gasteiger partial charge in [0.2, 0.25) is 17.7 Å². The number of carbonyl (C=O) groups excluding carboxylic acids is 4. The molecule has 5 atom stereocenters. The van der Waals surface area contributed by atoms with Gasteiger partial charge in [-0.3, -0.25) is 24.1 Å². The standard InChI is InChI=1S/C55H68F3N5O7S/c1-33-23-42-41-16-12-11-15-38(41)24-43(42)49(63(33)31-55(7,8)58)48-44(56)25-39(26-45(48)57)69-22-14-10-9-13-21-68-30-47(65)61-51(54(4,5)6)53(67)62-29-40(70-35(3)64)27-46(62)52(66)59-28-36-17-19-37(20-18-36)50-34(2)60-32-71-50/h11-12,15-20,25-26,32-33,40,46,49,51H,9-10,13-14,21-24,27-31H2,1-8H3,(H,59,66)(H,61,65)/t33-,40-,46+,49+,51-/m1/s1. The van der Waals surface area contributed by atoms with Crippen molar-refractivity contribution in [3.05, 3.63) is 111 Å². The molecule has 16 heteroatoms. The van der Waals surface area contributed by atoms with Gasteiger partial charge in [0.05, 0.1) is 35.3 Å². The van der Waals surface area contributed by atoms with Crippen LogP contribution in [-0.4, -0.2) is 101 Å². The monoisotopic (exact) mass is 999 g/mol. The summed E-state index contributed by atoms with van der Waals surface area (Å²) in [6, 6.07) is 15.4. The summed E-state index contributed by atoms with van der Waals surface area (Å²) in [5.74, 6) is -3.25. The first-order valence-corrected chi connectivity index (χ1v) is 25.5. The molecule has 3 aromatic carbocycles. The highest BCUT2D eigenvalue weighted by molar-refractivity contribution is 7.13. The molecule has 382 valence electrons. The second kappa shape index (κ2) is 22.9. The van der Waals surface area contributed by atoms with Crippen molar-refractivity contribution in [1.82, 2.24) is 25.4 Å². The molecule has 0 radical (unpaired) electrons. The Bertz CT molecular complexity index is 2570. The van der Waals surface area contributed by atoms with E-state index in [9.17, 15) is 19.2 Å². The molecule has 0 spiro atoms. The van der Waals surface area contributed by atoms with Crippen molar-refractivity contribution < 1.29 is 46.6 Å². The van der Waals surface area contributed by atoms with Crippen LogP contribution in [0.4, 0.5) is 13.2 Å². The zero-order chi connectivity index (χ0) is 51.2. The third-order valence-electron chi connectivity index (χ3n) is 13.4. The molecule has 12 nitrogen and oxygen atoms in total. The Kier molecular flexibility index (Phi) is 17.2. The molecule has 3 heterocycles. The fourth-order valence-electron chi connectivity index (χ4n) is 10.1. The number of thiazole rings is 1. The predicted octanol–water partition coefficient (Wildman–Crippen LogP) is 9.63. The van der Waals surface area contributed by atoms with E-state index in [1.54, 1.807) is 16.8 Å². The lowest BCUT2D eigenvalue weighted by molar-refractivity contribution is -0.147. The maximum absolute atomic E-state index is 16.1. The lowest BCUT2D eigenvalue weighted by Crippen LogP contribution is -2.58. The van der Waals surface area contributed by atoms with Crippen LogP contribution in [0.15, 0.2) is 71.7 Å². The number of rotatable bonds is 20. The topological polar surface area (TPSA) is 139 Å². The van der Waals surface area contributed by atoms with E-state index in [1.807, 2.05) is 82.0 Å². The molecule has 3 amide bonds. The largest absolute Gasteiger partial charge is 0.493 e. The second-order valence-electron chi connectivity index (χ2n) is 20.8. The number of aromatic nitrogens is 1. The van der Waals surface area contributed by atoms with E-state index < -0.39 is 70.6 Å². The summed E-state index contributed by atoms with van der Waals surface area (Å²) in [4.78, 5) is 61.8. The van der Waals surface area contributed by atoms with Gasteiger partial charge in [-0.05, 0) is 98.6 Å². The number of aryl methyl sites for hydroxylation is 1. The summed E-state index contributed by atoms with van der Waals surface area (Å²) < 4.78 is 64.4. The lowest BCUT2D eigenvalue weighted by Gasteiger charge is -2.44. The first-order valence-electron chi connectivity index (χ1n) is 24.7. The van der Waals surface area contributed by atoms with Gasteiger partial charge < -0.3 is 29.7 Å². The van der Waals surface area contributed by atoms with Crippen LogP contribution < -0.4 is 15.4 Å². The molecule has 2 aliphatic heterocycles. The number of alkyl halides is 1. The van der Waals surface area contributed by atoms with Gasteiger partial charge in [-0.2, -0.15) is 0 Å². The normalized spacial score (nSPS) is 19.6. The Morgan fingerprint density at radius 1 is 0.944 bits per heavy atom. The highest BCUT2D eigenvalue weighted by atomic mass is 32.1. The first kappa shape index (κ1) is 53.2. The summed E-state index contributed by atoms with van der Waals surface area (Å²) in [7, 11) is 0. The van der Waals surface area contributed by atoms with Gasteiger partial charge in [-0.25, -0.2) is 18.2 Å². The van der Waals surface area contributed by atoms with Crippen LogP contribution in [0.1, 0.15) is 121 Å². The maximum atomic E-state index is 16.1. The Labute approximate surface area is 419 Å². The number of nitrogens with zero attached hydrogens (tertiary/aromatic N) is 3.